The number of thioether (sulfide) groups is 1. The second-order valence-corrected chi connectivity index (χ2v) is 12.4. The first-order valence-corrected chi connectivity index (χ1v) is 14.5. The number of ether oxygens (including phenoxy) is 1. The summed E-state index contributed by atoms with van der Waals surface area (Å²) in [6.07, 6.45) is 3.60. The Bertz CT molecular complexity index is 1370. The predicted molar refractivity (Wildman–Crippen MR) is 132 cm³/mol. The van der Waals surface area contributed by atoms with Gasteiger partial charge in [-0.25, -0.2) is 26.6 Å². The molecule has 1 aromatic heterocycles. The van der Waals surface area contributed by atoms with Crippen molar-refractivity contribution in [2.75, 3.05) is 19.7 Å². The van der Waals surface area contributed by atoms with Crippen molar-refractivity contribution in [2.24, 2.45) is 5.92 Å². The molecule has 2 aromatic carbocycles. The van der Waals surface area contributed by atoms with Crippen LogP contribution in [-0.2, 0) is 27.1 Å². The predicted octanol–water partition coefficient (Wildman–Crippen LogP) is 5.35. The first kappa shape index (κ1) is 25.6. The smallest absolute Gasteiger partial charge is 0.243 e. The van der Waals surface area contributed by atoms with Crippen LogP contribution in [0, 0.1) is 23.4 Å². The molecule has 11 heteroatoms. The zero-order valence-corrected chi connectivity index (χ0v) is 21.6. The fourth-order valence-electron chi connectivity index (χ4n) is 4.88. The van der Waals surface area contributed by atoms with Gasteiger partial charge in [-0.05, 0) is 61.9 Å². The summed E-state index contributed by atoms with van der Waals surface area (Å²) < 4.78 is 78.0. The summed E-state index contributed by atoms with van der Waals surface area (Å²) in [5.74, 6) is -3.02. The molecule has 0 spiro atoms. The van der Waals surface area contributed by atoms with Gasteiger partial charge in [-0.2, -0.15) is 4.31 Å². The third kappa shape index (κ3) is 5.03. The Morgan fingerprint density at radius 2 is 1.92 bits per heavy atom. The van der Waals surface area contributed by atoms with Gasteiger partial charge in [0.2, 0.25) is 10.0 Å². The number of hydrogen-bond donors (Lipinski definition) is 0. The Labute approximate surface area is 212 Å². The van der Waals surface area contributed by atoms with Crippen molar-refractivity contribution in [1.82, 2.24) is 13.9 Å². The Morgan fingerprint density at radius 3 is 2.67 bits per heavy atom. The molecule has 3 heterocycles. The largest absolute Gasteiger partial charge is 0.376 e. The number of imidazole rings is 1. The molecule has 0 amide bonds. The highest BCUT2D eigenvalue weighted by Crippen LogP contribution is 2.32. The number of rotatable bonds is 7. The molecule has 2 aliphatic heterocycles. The van der Waals surface area contributed by atoms with Gasteiger partial charge in [-0.1, -0.05) is 18.7 Å². The minimum atomic E-state index is -3.67. The van der Waals surface area contributed by atoms with Crippen LogP contribution in [0.15, 0.2) is 40.4 Å². The maximum atomic E-state index is 14.2. The number of aromatic nitrogens is 2. The highest BCUT2D eigenvalue weighted by Gasteiger charge is 2.30. The van der Waals surface area contributed by atoms with Crippen molar-refractivity contribution in [1.29, 1.82) is 0 Å². The van der Waals surface area contributed by atoms with E-state index < -0.39 is 27.5 Å². The summed E-state index contributed by atoms with van der Waals surface area (Å²) in [6.45, 7) is 4.16. The minimum absolute atomic E-state index is 0.0392. The SMILES string of the molecule is C[C@@H]1CCCN(S(=O)(=O)c2ccc3c(c2)nc(SCc2c(F)ccc(F)c2F)n3C[C@@H]2CCCO2)C1. The Hall–Kier alpha value is -2.08. The number of piperidine rings is 1. The number of fused-ring (bicyclic) bond motifs is 1. The van der Waals surface area contributed by atoms with Gasteiger partial charge >= 0.3 is 0 Å². The lowest BCUT2D eigenvalue weighted by Gasteiger charge is -2.30. The molecular weight excluding hydrogens is 511 g/mol. The zero-order chi connectivity index (χ0) is 25.4. The number of nitrogens with zero attached hydrogens (tertiary/aromatic N) is 3. The van der Waals surface area contributed by atoms with E-state index in [1.165, 1.54) is 4.31 Å². The Kier molecular flexibility index (Phi) is 7.35. The van der Waals surface area contributed by atoms with Gasteiger partial charge in [0.25, 0.3) is 0 Å². The molecular formula is C25H28F3N3O3S2. The van der Waals surface area contributed by atoms with Crippen molar-refractivity contribution < 1.29 is 26.3 Å². The summed E-state index contributed by atoms with van der Waals surface area (Å²) >= 11 is 1.08. The number of sulfonamides is 1. The molecule has 6 nitrogen and oxygen atoms in total. The van der Waals surface area contributed by atoms with Crippen LogP contribution in [0.3, 0.4) is 0 Å². The molecule has 0 aliphatic carbocycles. The molecule has 36 heavy (non-hydrogen) atoms. The van der Waals surface area contributed by atoms with Gasteiger partial charge in [0, 0.05) is 31.0 Å². The first-order valence-electron chi connectivity index (χ1n) is 12.1. The lowest BCUT2D eigenvalue weighted by atomic mass is 10.0. The van der Waals surface area contributed by atoms with Gasteiger partial charge in [-0.15, -0.1) is 0 Å². The molecule has 2 atom stereocenters. The van der Waals surface area contributed by atoms with Crippen molar-refractivity contribution in [2.45, 2.75) is 61.1 Å². The van der Waals surface area contributed by atoms with Crippen molar-refractivity contribution >= 4 is 32.8 Å². The van der Waals surface area contributed by atoms with E-state index in [9.17, 15) is 21.6 Å². The molecule has 2 aliphatic rings. The molecule has 194 valence electrons. The van der Waals surface area contributed by atoms with E-state index >= 15 is 0 Å². The van der Waals surface area contributed by atoms with Crippen LogP contribution in [0.4, 0.5) is 13.2 Å². The monoisotopic (exact) mass is 539 g/mol. The van der Waals surface area contributed by atoms with Gasteiger partial charge < -0.3 is 9.30 Å². The van der Waals surface area contributed by atoms with Crippen LogP contribution >= 0.6 is 11.8 Å². The van der Waals surface area contributed by atoms with E-state index in [1.807, 2.05) is 11.5 Å². The average molecular weight is 540 g/mol. The summed E-state index contributed by atoms with van der Waals surface area (Å²) in [6, 6.07) is 6.54. The first-order chi connectivity index (χ1) is 17.2. The summed E-state index contributed by atoms with van der Waals surface area (Å²) in [7, 11) is -3.67. The molecule has 0 N–H and O–H groups in total. The minimum Gasteiger partial charge on any atom is -0.376 e. The van der Waals surface area contributed by atoms with Crippen LogP contribution in [0.25, 0.3) is 11.0 Å². The van der Waals surface area contributed by atoms with E-state index in [0.717, 1.165) is 49.6 Å². The van der Waals surface area contributed by atoms with Crippen LogP contribution in [0.1, 0.15) is 38.2 Å². The Balaban J connectivity index is 1.49. The molecule has 0 radical (unpaired) electrons. The molecule has 2 saturated heterocycles. The van der Waals surface area contributed by atoms with Gasteiger partial charge in [0.15, 0.2) is 16.8 Å². The summed E-state index contributed by atoms with van der Waals surface area (Å²) in [5.41, 5.74) is 0.819. The number of hydrogen-bond acceptors (Lipinski definition) is 5. The summed E-state index contributed by atoms with van der Waals surface area (Å²) in [5, 5.41) is 0.463. The van der Waals surface area contributed by atoms with Crippen LogP contribution in [0.2, 0.25) is 0 Å². The van der Waals surface area contributed by atoms with E-state index in [4.69, 9.17) is 4.74 Å². The molecule has 3 aromatic rings. The summed E-state index contributed by atoms with van der Waals surface area (Å²) in [4.78, 5) is 4.81. The van der Waals surface area contributed by atoms with E-state index in [2.05, 4.69) is 4.98 Å². The lowest BCUT2D eigenvalue weighted by molar-refractivity contribution is 0.0960. The second-order valence-electron chi connectivity index (χ2n) is 9.51. The molecule has 0 unspecified atom stereocenters. The molecule has 0 saturated carbocycles. The molecule has 0 bridgehead atoms. The van der Waals surface area contributed by atoms with Crippen molar-refractivity contribution in [3.63, 3.8) is 0 Å². The fourth-order valence-corrected chi connectivity index (χ4v) is 7.53. The van der Waals surface area contributed by atoms with E-state index in [-0.39, 0.29) is 22.3 Å². The highest BCUT2D eigenvalue weighted by atomic mass is 32.2. The topological polar surface area (TPSA) is 64.4 Å². The van der Waals surface area contributed by atoms with Crippen molar-refractivity contribution in [3.05, 3.63) is 53.3 Å². The Morgan fingerprint density at radius 1 is 1.11 bits per heavy atom. The quantitative estimate of drug-likeness (QED) is 0.299. The lowest BCUT2D eigenvalue weighted by Crippen LogP contribution is -2.39. The molecule has 2 fully saturated rings. The third-order valence-corrected chi connectivity index (χ3v) is 9.70. The average Bonchev–Trinajstić information content (AvgIpc) is 3.49. The van der Waals surface area contributed by atoms with Crippen LogP contribution in [0.5, 0.6) is 0 Å². The normalized spacial score (nSPS) is 21.4. The molecule has 5 rings (SSSR count). The van der Waals surface area contributed by atoms with Crippen LogP contribution in [-0.4, -0.2) is 48.1 Å². The highest BCUT2D eigenvalue weighted by molar-refractivity contribution is 7.98. The standard InChI is InChI=1S/C25H28F3N3O3S2/c1-16-4-2-10-30(13-16)36(32,33)18-6-9-23-22(12-18)29-25(31(23)14-17-5-3-11-34-17)35-15-19-20(26)7-8-21(27)24(19)28/h6-9,12,16-17H,2-5,10-11,13-15H2,1H3/t16-,17+/m1/s1. The van der Waals surface area contributed by atoms with Crippen LogP contribution < -0.4 is 0 Å². The maximum absolute atomic E-state index is 14.2. The van der Waals surface area contributed by atoms with Gasteiger partial charge in [0.05, 0.1) is 28.6 Å². The second kappa shape index (κ2) is 10.4. The van der Waals surface area contributed by atoms with E-state index in [1.54, 1.807) is 18.2 Å². The fraction of sp³-hybridized carbons (Fsp3) is 0.480. The van der Waals surface area contributed by atoms with Gasteiger partial charge in [-0.3, -0.25) is 0 Å². The van der Waals surface area contributed by atoms with Crippen molar-refractivity contribution in [3.8, 4) is 0 Å². The van der Waals surface area contributed by atoms with E-state index in [0.29, 0.717) is 48.3 Å². The number of benzene rings is 2. The van der Waals surface area contributed by atoms with Gasteiger partial charge in [0.1, 0.15) is 5.82 Å². The maximum Gasteiger partial charge on any atom is 0.243 e. The number of halogens is 3. The third-order valence-electron chi connectivity index (χ3n) is 6.84. The zero-order valence-electron chi connectivity index (χ0n) is 19.9.